The van der Waals surface area contributed by atoms with Crippen molar-refractivity contribution in [3.8, 4) is 0 Å². The van der Waals surface area contributed by atoms with Crippen LogP contribution in [0.2, 0.25) is 0 Å². The largest absolute Gasteiger partial charge is 0.399 e. The maximum Gasteiger partial charge on any atom is 0.123 e. The molecule has 2 aromatic carbocycles. The smallest absolute Gasteiger partial charge is 0.123 e. The molecule has 18 heavy (non-hydrogen) atoms. The number of anilines is 1. The van der Waals surface area contributed by atoms with Crippen LogP contribution in [0, 0.1) is 12.7 Å². The van der Waals surface area contributed by atoms with Gasteiger partial charge >= 0.3 is 0 Å². The normalized spacial score (nSPS) is 12.3. The van der Waals surface area contributed by atoms with E-state index >= 15 is 0 Å². The SMILES string of the molecule is Cc1ccc(N)cc1S(=O)Cc1cccc(F)c1. The summed E-state index contributed by atoms with van der Waals surface area (Å²) >= 11 is 0. The third kappa shape index (κ3) is 2.96. The van der Waals surface area contributed by atoms with Gasteiger partial charge in [0.05, 0.1) is 16.6 Å². The second kappa shape index (κ2) is 5.31. The molecule has 0 aromatic heterocycles. The minimum absolute atomic E-state index is 0.294. The number of nitrogen functional groups attached to an aromatic ring is 1. The molecule has 1 atom stereocenters. The molecule has 0 amide bonds. The van der Waals surface area contributed by atoms with Crippen LogP contribution < -0.4 is 5.73 Å². The Kier molecular flexibility index (Phi) is 3.77. The lowest BCUT2D eigenvalue weighted by Crippen LogP contribution is -2.00. The van der Waals surface area contributed by atoms with Gasteiger partial charge in [0.1, 0.15) is 5.82 Å². The van der Waals surface area contributed by atoms with Gasteiger partial charge in [-0.2, -0.15) is 0 Å². The van der Waals surface area contributed by atoms with Crippen LogP contribution in [0.3, 0.4) is 0 Å². The van der Waals surface area contributed by atoms with Crippen LogP contribution in [0.5, 0.6) is 0 Å². The Labute approximate surface area is 108 Å². The fourth-order valence-corrected chi connectivity index (χ4v) is 3.05. The first-order valence-corrected chi connectivity index (χ1v) is 6.87. The summed E-state index contributed by atoms with van der Waals surface area (Å²) in [6.07, 6.45) is 0. The predicted octanol–water partition coefficient (Wildman–Crippen LogP) is 3.02. The molecule has 0 radical (unpaired) electrons. The second-order valence-corrected chi connectivity index (χ2v) is 5.56. The van der Waals surface area contributed by atoms with E-state index in [9.17, 15) is 8.60 Å². The van der Waals surface area contributed by atoms with Gasteiger partial charge in [-0.1, -0.05) is 18.2 Å². The molecule has 0 aliphatic heterocycles. The molecule has 2 aromatic rings. The summed E-state index contributed by atoms with van der Waals surface area (Å²) in [4.78, 5) is 0.708. The van der Waals surface area contributed by atoms with Crippen LogP contribution >= 0.6 is 0 Å². The van der Waals surface area contributed by atoms with Gasteiger partial charge < -0.3 is 5.73 Å². The summed E-state index contributed by atoms with van der Waals surface area (Å²) < 4.78 is 25.3. The third-order valence-corrected chi connectivity index (χ3v) is 4.17. The van der Waals surface area contributed by atoms with Crippen molar-refractivity contribution in [2.75, 3.05) is 5.73 Å². The third-order valence-electron chi connectivity index (χ3n) is 2.64. The highest BCUT2D eigenvalue weighted by Crippen LogP contribution is 2.19. The molecule has 2 N–H and O–H groups in total. The number of rotatable bonds is 3. The van der Waals surface area contributed by atoms with Crippen molar-refractivity contribution in [3.05, 3.63) is 59.4 Å². The van der Waals surface area contributed by atoms with E-state index in [2.05, 4.69) is 0 Å². The van der Waals surface area contributed by atoms with E-state index in [0.717, 1.165) is 11.1 Å². The highest BCUT2D eigenvalue weighted by Gasteiger charge is 2.09. The summed E-state index contributed by atoms with van der Waals surface area (Å²) in [7, 11) is -1.21. The molecule has 0 saturated heterocycles. The Balaban J connectivity index is 2.24. The van der Waals surface area contributed by atoms with E-state index < -0.39 is 10.8 Å². The minimum Gasteiger partial charge on any atom is -0.399 e. The fourth-order valence-electron chi connectivity index (χ4n) is 1.72. The molecule has 2 nitrogen and oxygen atoms in total. The van der Waals surface area contributed by atoms with E-state index in [0.29, 0.717) is 16.3 Å². The Morgan fingerprint density at radius 1 is 1.22 bits per heavy atom. The second-order valence-electron chi connectivity index (χ2n) is 4.14. The van der Waals surface area contributed by atoms with Gasteiger partial charge in [-0.15, -0.1) is 0 Å². The molecule has 1 unspecified atom stereocenters. The monoisotopic (exact) mass is 263 g/mol. The van der Waals surface area contributed by atoms with E-state index in [1.165, 1.54) is 12.1 Å². The van der Waals surface area contributed by atoms with Crippen LogP contribution in [0.25, 0.3) is 0 Å². The van der Waals surface area contributed by atoms with Crippen LogP contribution in [0.1, 0.15) is 11.1 Å². The van der Waals surface area contributed by atoms with Crippen molar-refractivity contribution in [3.63, 3.8) is 0 Å². The summed E-state index contributed by atoms with van der Waals surface area (Å²) in [5.41, 5.74) is 7.92. The first-order chi connectivity index (χ1) is 8.56. The summed E-state index contributed by atoms with van der Waals surface area (Å²) in [5.74, 6) is -0.0176. The zero-order valence-corrected chi connectivity index (χ0v) is 10.8. The summed E-state index contributed by atoms with van der Waals surface area (Å²) in [5, 5.41) is 0. The molecule has 0 spiro atoms. The lowest BCUT2D eigenvalue weighted by molar-refractivity contribution is 0.626. The van der Waals surface area contributed by atoms with E-state index in [4.69, 9.17) is 5.73 Å². The molecule has 0 saturated carbocycles. The minimum atomic E-state index is -1.21. The molecule has 0 heterocycles. The van der Waals surface area contributed by atoms with E-state index in [1.54, 1.807) is 24.3 Å². The molecule has 0 aliphatic carbocycles. The van der Waals surface area contributed by atoms with Gasteiger partial charge in [-0.3, -0.25) is 4.21 Å². The van der Waals surface area contributed by atoms with Gasteiger partial charge in [-0.05, 0) is 42.3 Å². The quantitative estimate of drug-likeness (QED) is 0.865. The van der Waals surface area contributed by atoms with Crippen LogP contribution in [-0.4, -0.2) is 4.21 Å². The first-order valence-electron chi connectivity index (χ1n) is 5.55. The molecular weight excluding hydrogens is 249 g/mol. The number of hydrogen-bond donors (Lipinski definition) is 1. The molecule has 0 fully saturated rings. The Bertz CT molecular complexity index is 598. The summed E-state index contributed by atoms with van der Waals surface area (Å²) in [6, 6.07) is 11.5. The Morgan fingerprint density at radius 2 is 2.00 bits per heavy atom. The topological polar surface area (TPSA) is 43.1 Å². The standard InChI is InChI=1S/C14H14FNOS/c1-10-5-6-13(16)8-14(10)18(17)9-11-3-2-4-12(15)7-11/h2-8H,9,16H2,1H3. The molecule has 94 valence electrons. The van der Waals surface area contributed by atoms with Gasteiger partial charge in [0, 0.05) is 10.6 Å². The summed E-state index contributed by atoms with van der Waals surface area (Å²) in [6.45, 7) is 1.89. The van der Waals surface area contributed by atoms with Crippen molar-refractivity contribution in [1.82, 2.24) is 0 Å². The van der Waals surface area contributed by atoms with Crippen LogP contribution in [0.4, 0.5) is 10.1 Å². The van der Waals surface area contributed by atoms with Gasteiger partial charge in [0.25, 0.3) is 0 Å². The van der Waals surface area contributed by atoms with Crippen molar-refractivity contribution in [2.45, 2.75) is 17.6 Å². The Hall–Kier alpha value is -1.68. The average Bonchev–Trinajstić information content (AvgIpc) is 2.32. The van der Waals surface area contributed by atoms with Crippen LogP contribution in [-0.2, 0) is 16.6 Å². The van der Waals surface area contributed by atoms with Crippen LogP contribution in [0.15, 0.2) is 47.4 Å². The van der Waals surface area contributed by atoms with Crippen molar-refractivity contribution >= 4 is 16.5 Å². The van der Waals surface area contributed by atoms with Crippen molar-refractivity contribution in [1.29, 1.82) is 0 Å². The molecule has 0 bridgehead atoms. The van der Waals surface area contributed by atoms with Gasteiger partial charge in [0.2, 0.25) is 0 Å². The fraction of sp³-hybridized carbons (Fsp3) is 0.143. The van der Waals surface area contributed by atoms with Crippen molar-refractivity contribution < 1.29 is 8.60 Å². The average molecular weight is 263 g/mol. The lowest BCUT2D eigenvalue weighted by atomic mass is 10.2. The zero-order chi connectivity index (χ0) is 13.1. The Morgan fingerprint density at radius 3 is 2.72 bits per heavy atom. The molecular formula is C14H14FNOS. The number of benzene rings is 2. The number of halogens is 1. The molecule has 2 rings (SSSR count). The molecule has 4 heteroatoms. The first kappa shape index (κ1) is 12.8. The number of aryl methyl sites for hydroxylation is 1. The maximum atomic E-state index is 13.0. The predicted molar refractivity (Wildman–Crippen MR) is 72.1 cm³/mol. The van der Waals surface area contributed by atoms with Gasteiger partial charge in [0.15, 0.2) is 0 Å². The number of hydrogen-bond acceptors (Lipinski definition) is 2. The van der Waals surface area contributed by atoms with Gasteiger partial charge in [-0.25, -0.2) is 4.39 Å². The highest BCUT2D eigenvalue weighted by atomic mass is 32.2. The van der Waals surface area contributed by atoms with E-state index in [1.807, 2.05) is 13.0 Å². The van der Waals surface area contributed by atoms with E-state index in [-0.39, 0.29) is 5.82 Å². The lowest BCUT2D eigenvalue weighted by Gasteiger charge is -2.07. The zero-order valence-electron chi connectivity index (χ0n) is 10.0. The van der Waals surface area contributed by atoms with Crippen molar-refractivity contribution in [2.24, 2.45) is 0 Å². The maximum absolute atomic E-state index is 13.0. The highest BCUT2D eigenvalue weighted by molar-refractivity contribution is 7.84. The molecule has 0 aliphatic rings. The number of nitrogens with two attached hydrogens (primary N) is 1.